The molecule has 0 spiro atoms. The zero-order chi connectivity index (χ0) is 12.3. The molecule has 0 atom stereocenters. The molecule has 0 amide bonds. The van der Waals surface area contributed by atoms with E-state index >= 15 is 0 Å². The van der Waals surface area contributed by atoms with Crippen molar-refractivity contribution in [3.8, 4) is 0 Å². The average molecular weight is 279 g/mol. The Morgan fingerprint density at radius 3 is 2.06 bits per heavy atom. The second-order valence-electron chi connectivity index (χ2n) is 3.81. The van der Waals surface area contributed by atoms with E-state index in [9.17, 15) is 0 Å². The van der Waals surface area contributed by atoms with Crippen LogP contribution in [0.3, 0.4) is 0 Å². The van der Waals surface area contributed by atoms with Gasteiger partial charge in [-0.1, -0.05) is 12.2 Å². The fourth-order valence-electron chi connectivity index (χ4n) is 1.52. The summed E-state index contributed by atoms with van der Waals surface area (Å²) in [6, 6.07) is 0. The lowest BCUT2D eigenvalue weighted by Gasteiger charge is -2.22. The summed E-state index contributed by atoms with van der Waals surface area (Å²) in [4.78, 5) is 2.05. The molecule has 1 saturated heterocycles. The smallest absolute Gasteiger partial charge is 0.133 e. The van der Waals surface area contributed by atoms with E-state index in [2.05, 4.69) is 12.6 Å². The largest absolute Gasteiger partial charge is 0.380 e. The third-order valence-electron chi connectivity index (χ3n) is 2.44. The quantitative estimate of drug-likeness (QED) is 0.534. The monoisotopic (exact) mass is 279 g/mol. The Kier molecular flexibility index (Phi) is 9.00. The van der Waals surface area contributed by atoms with Crippen molar-refractivity contribution in [1.82, 2.24) is 4.90 Å². The molecule has 0 unspecified atom stereocenters. The van der Waals surface area contributed by atoms with Crippen molar-refractivity contribution < 1.29 is 14.2 Å². The summed E-state index contributed by atoms with van der Waals surface area (Å²) in [5, 5.41) is 0. The first-order chi connectivity index (χ1) is 8.30. The molecule has 1 heterocycles. The highest BCUT2D eigenvalue weighted by atomic mass is 32.1. The maximum Gasteiger partial charge on any atom is 0.133 e. The molecule has 6 heteroatoms. The van der Waals surface area contributed by atoms with Gasteiger partial charge in [0, 0.05) is 32.9 Å². The van der Waals surface area contributed by atoms with Gasteiger partial charge in [0.05, 0.1) is 19.8 Å². The molecule has 17 heavy (non-hydrogen) atoms. The zero-order valence-corrected chi connectivity index (χ0v) is 11.8. The van der Waals surface area contributed by atoms with E-state index in [1.807, 2.05) is 4.90 Å². The third-order valence-corrected chi connectivity index (χ3v) is 2.98. The van der Waals surface area contributed by atoms with Crippen LogP contribution in [0.1, 0.15) is 12.8 Å². The number of rotatable bonds is 0. The molecule has 0 radical (unpaired) electrons. The summed E-state index contributed by atoms with van der Waals surface area (Å²) >= 11 is 9.29. The van der Waals surface area contributed by atoms with E-state index in [0.29, 0.717) is 24.1 Å². The second-order valence-corrected chi connectivity index (χ2v) is 4.93. The lowest BCUT2D eigenvalue weighted by Crippen LogP contribution is -2.31. The molecule has 100 valence electrons. The van der Waals surface area contributed by atoms with Crippen LogP contribution in [0, 0.1) is 0 Å². The van der Waals surface area contributed by atoms with Crippen molar-refractivity contribution in [2.24, 2.45) is 0 Å². The predicted molar refractivity (Wildman–Crippen MR) is 74.8 cm³/mol. The van der Waals surface area contributed by atoms with Crippen molar-refractivity contribution >= 4 is 29.2 Å². The van der Waals surface area contributed by atoms with Crippen molar-refractivity contribution in [2.75, 3.05) is 52.7 Å². The van der Waals surface area contributed by atoms with Crippen LogP contribution in [0.5, 0.6) is 0 Å². The van der Waals surface area contributed by atoms with Crippen LogP contribution in [-0.4, -0.2) is 62.0 Å². The molecule has 0 bridgehead atoms. The molecule has 0 aromatic rings. The van der Waals surface area contributed by atoms with Gasteiger partial charge < -0.3 is 19.1 Å². The summed E-state index contributed by atoms with van der Waals surface area (Å²) in [6.07, 6.45) is 1.87. The average Bonchev–Trinajstić information content (AvgIpc) is 2.31. The van der Waals surface area contributed by atoms with Crippen LogP contribution in [0.25, 0.3) is 0 Å². The van der Waals surface area contributed by atoms with Crippen LogP contribution in [-0.2, 0) is 14.2 Å². The van der Waals surface area contributed by atoms with Gasteiger partial charge in [-0.05, 0) is 12.8 Å². The number of thiol groups is 1. The Labute approximate surface area is 114 Å². The molecule has 1 fully saturated rings. The number of ether oxygens (including phenoxy) is 3. The number of hydrogen-bond donors (Lipinski definition) is 1. The molecule has 1 rings (SSSR count). The van der Waals surface area contributed by atoms with Crippen LogP contribution < -0.4 is 0 Å². The first kappa shape index (κ1) is 15.2. The summed E-state index contributed by atoms with van der Waals surface area (Å²) in [7, 11) is 0. The molecular weight excluding hydrogens is 258 g/mol. The van der Waals surface area contributed by atoms with E-state index in [-0.39, 0.29) is 0 Å². The van der Waals surface area contributed by atoms with E-state index in [4.69, 9.17) is 26.4 Å². The molecule has 1 aliphatic rings. The van der Waals surface area contributed by atoms with Crippen molar-refractivity contribution in [3.63, 3.8) is 0 Å². The van der Waals surface area contributed by atoms with E-state index in [1.165, 1.54) is 0 Å². The first-order valence-electron chi connectivity index (χ1n) is 6.02. The minimum absolute atomic E-state index is 0.629. The topological polar surface area (TPSA) is 30.9 Å². The Balaban J connectivity index is 2.26. The molecular formula is C11H21NO3S2. The minimum atomic E-state index is 0.629. The molecule has 0 aromatic carbocycles. The van der Waals surface area contributed by atoms with Gasteiger partial charge in [0.25, 0.3) is 0 Å². The Bertz CT molecular complexity index is 203. The third kappa shape index (κ3) is 7.94. The van der Waals surface area contributed by atoms with E-state index in [0.717, 1.165) is 45.8 Å². The fourth-order valence-corrected chi connectivity index (χ4v) is 1.90. The molecule has 4 nitrogen and oxygen atoms in total. The van der Waals surface area contributed by atoms with E-state index in [1.54, 1.807) is 0 Å². The lowest BCUT2D eigenvalue weighted by atomic mass is 10.4. The first-order valence-corrected chi connectivity index (χ1v) is 6.87. The van der Waals surface area contributed by atoms with Gasteiger partial charge in [0.15, 0.2) is 0 Å². The van der Waals surface area contributed by atoms with Gasteiger partial charge in [-0.3, -0.25) is 0 Å². The van der Waals surface area contributed by atoms with Gasteiger partial charge in [-0.25, -0.2) is 0 Å². The number of hydrogen-bond acceptors (Lipinski definition) is 4. The van der Waals surface area contributed by atoms with Gasteiger partial charge in [0.1, 0.15) is 4.32 Å². The standard InChI is InChI=1S/C11H21NO3S2/c16-11(17)12-3-1-5-14-9-10-15-7-2-6-13-8-4-12/h1-10H2,(H,16,17). The maximum absolute atomic E-state index is 5.51. The van der Waals surface area contributed by atoms with Crippen LogP contribution in [0.2, 0.25) is 0 Å². The van der Waals surface area contributed by atoms with Crippen molar-refractivity contribution in [2.45, 2.75) is 12.8 Å². The number of thiocarbonyl (C=S) groups is 1. The van der Waals surface area contributed by atoms with Gasteiger partial charge in [-0.15, -0.1) is 12.6 Å². The van der Waals surface area contributed by atoms with Crippen LogP contribution in [0.15, 0.2) is 0 Å². The fraction of sp³-hybridized carbons (Fsp3) is 0.909. The molecule has 0 aromatic heterocycles. The van der Waals surface area contributed by atoms with Gasteiger partial charge >= 0.3 is 0 Å². The zero-order valence-electron chi connectivity index (χ0n) is 10.1. The van der Waals surface area contributed by atoms with Gasteiger partial charge in [0.2, 0.25) is 0 Å². The minimum Gasteiger partial charge on any atom is -0.380 e. The highest BCUT2D eigenvalue weighted by Crippen LogP contribution is 2.00. The molecule has 0 N–H and O–H groups in total. The highest BCUT2D eigenvalue weighted by Gasteiger charge is 2.06. The summed E-state index contributed by atoms with van der Waals surface area (Å²) < 4.78 is 17.0. The maximum atomic E-state index is 5.51. The highest BCUT2D eigenvalue weighted by molar-refractivity contribution is 8.10. The summed E-state index contributed by atoms with van der Waals surface area (Å²) in [6.45, 7) is 5.86. The van der Waals surface area contributed by atoms with Crippen molar-refractivity contribution in [1.29, 1.82) is 0 Å². The normalized spacial score (nSPS) is 21.8. The molecule has 1 aliphatic heterocycles. The SMILES string of the molecule is S=C(S)N1CCCOCCOCCCOCC1. The number of nitrogens with zero attached hydrogens (tertiary/aromatic N) is 1. The predicted octanol–water partition coefficient (Wildman–Crippen LogP) is 1.35. The molecule has 0 aliphatic carbocycles. The van der Waals surface area contributed by atoms with Crippen molar-refractivity contribution in [3.05, 3.63) is 0 Å². The Morgan fingerprint density at radius 2 is 1.41 bits per heavy atom. The van der Waals surface area contributed by atoms with Crippen LogP contribution >= 0.6 is 24.8 Å². The Hall–Kier alpha value is 0.120. The lowest BCUT2D eigenvalue weighted by molar-refractivity contribution is 0.0287. The molecule has 0 saturated carbocycles. The Morgan fingerprint density at radius 1 is 0.824 bits per heavy atom. The van der Waals surface area contributed by atoms with Crippen LogP contribution in [0.4, 0.5) is 0 Å². The second kappa shape index (κ2) is 10.1. The summed E-state index contributed by atoms with van der Waals surface area (Å²) in [5.41, 5.74) is 0. The van der Waals surface area contributed by atoms with Gasteiger partial charge in [-0.2, -0.15) is 0 Å². The van der Waals surface area contributed by atoms with E-state index < -0.39 is 0 Å². The summed E-state index contributed by atoms with van der Waals surface area (Å²) in [5.74, 6) is 0.